The summed E-state index contributed by atoms with van der Waals surface area (Å²) < 4.78 is 10.6. The number of hydrogen-bond donors (Lipinski definition) is 2. The second-order valence-electron chi connectivity index (χ2n) is 7.43. The van der Waals surface area contributed by atoms with E-state index in [9.17, 15) is 4.79 Å². The number of rotatable bonds is 8. The molecule has 158 valence electrons. The summed E-state index contributed by atoms with van der Waals surface area (Å²) in [5.41, 5.74) is 4.13. The molecule has 0 aliphatic carbocycles. The minimum absolute atomic E-state index is 0.132. The number of aromatic amines is 1. The van der Waals surface area contributed by atoms with E-state index in [-0.39, 0.29) is 12.0 Å². The van der Waals surface area contributed by atoms with Crippen molar-refractivity contribution in [1.82, 2.24) is 10.3 Å². The minimum atomic E-state index is -0.588. The monoisotopic (exact) mass is 414 g/mol. The lowest BCUT2D eigenvalue weighted by Gasteiger charge is -2.25. The van der Waals surface area contributed by atoms with Crippen molar-refractivity contribution < 1.29 is 14.3 Å². The molecule has 0 saturated heterocycles. The van der Waals surface area contributed by atoms with E-state index in [1.165, 1.54) is 12.7 Å². The van der Waals surface area contributed by atoms with Gasteiger partial charge < -0.3 is 14.5 Å². The number of carbonyl (C=O) groups excluding carboxylic acids is 1. The molecule has 1 unspecified atom stereocenters. The highest BCUT2D eigenvalue weighted by atomic mass is 16.5. The number of aromatic nitrogens is 1. The number of benzene rings is 3. The van der Waals surface area contributed by atoms with E-state index >= 15 is 0 Å². The molecule has 2 atom stereocenters. The highest BCUT2D eigenvalue weighted by Crippen LogP contribution is 2.31. The lowest BCUT2D eigenvalue weighted by Crippen LogP contribution is -2.34. The summed E-state index contributed by atoms with van der Waals surface area (Å²) in [5, 5.41) is 4.63. The van der Waals surface area contributed by atoms with Crippen molar-refractivity contribution >= 4 is 16.9 Å². The fourth-order valence-electron chi connectivity index (χ4n) is 3.91. The summed E-state index contributed by atoms with van der Waals surface area (Å²) in [7, 11) is 3.08. The van der Waals surface area contributed by atoms with Crippen molar-refractivity contribution in [3.05, 3.63) is 102 Å². The summed E-state index contributed by atoms with van der Waals surface area (Å²) in [4.78, 5) is 16.1. The third-order valence-corrected chi connectivity index (χ3v) is 5.52. The molecule has 0 aliphatic heterocycles. The fourth-order valence-corrected chi connectivity index (χ4v) is 3.91. The Morgan fingerprint density at radius 3 is 2.35 bits per heavy atom. The average Bonchev–Trinajstić information content (AvgIpc) is 3.25. The van der Waals surface area contributed by atoms with Crippen molar-refractivity contribution in [1.29, 1.82) is 0 Å². The Hall–Kier alpha value is -3.57. The van der Waals surface area contributed by atoms with Crippen LogP contribution in [0.5, 0.6) is 5.75 Å². The van der Waals surface area contributed by atoms with Crippen LogP contribution < -0.4 is 10.1 Å². The molecular formula is C26H26N2O3. The molecule has 3 aromatic carbocycles. The van der Waals surface area contributed by atoms with E-state index in [0.717, 1.165) is 27.8 Å². The van der Waals surface area contributed by atoms with E-state index in [2.05, 4.69) is 22.4 Å². The Kier molecular flexibility index (Phi) is 6.34. The Morgan fingerprint density at radius 1 is 0.968 bits per heavy atom. The first-order chi connectivity index (χ1) is 15.2. The van der Waals surface area contributed by atoms with Gasteiger partial charge in [-0.3, -0.25) is 5.32 Å². The van der Waals surface area contributed by atoms with Gasteiger partial charge in [0, 0.05) is 23.1 Å². The number of nitrogens with one attached hydrogen (secondary N) is 2. The van der Waals surface area contributed by atoms with Gasteiger partial charge in [0.05, 0.1) is 14.2 Å². The lowest BCUT2D eigenvalue weighted by molar-refractivity contribution is -0.143. The number of H-pyrrole nitrogens is 1. The van der Waals surface area contributed by atoms with Gasteiger partial charge in [0.1, 0.15) is 11.8 Å². The zero-order chi connectivity index (χ0) is 21.6. The number of ether oxygens (including phenoxy) is 2. The molecule has 0 aliphatic rings. The van der Waals surface area contributed by atoms with Gasteiger partial charge in [0.25, 0.3) is 0 Å². The van der Waals surface area contributed by atoms with Gasteiger partial charge in [-0.1, -0.05) is 60.7 Å². The molecule has 2 N–H and O–H groups in total. The van der Waals surface area contributed by atoms with E-state index < -0.39 is 6.04 Å². The van der Waals surface area contributed by atoms with Crippen molar-refractivity contribution in [2.24, 2.45) is 0 Å². The number of fused-ring (bicyclic) bond motifs is 1. The Balaban J connectivity index is 1.76. The maximum Gasteiger partial charge on any atom is 0.327 e. The number of carbonyl (C=O) groups is 1. The maximum atomic E-state index is 12.7. The first-order valence-corrected chi connectivity index (χ1v) is 10.3. The Bertz CT molecular complexity index is 1140. The first kappa shape index (κ1) is 20.7. The van der Waals surface area contributed by atoms with Crippen LogP contribution in [0.15, 0.2) is 85.1 Å². The quantitative estimate of drug-likeness (QED) is 0.400. The zero-order valence-corrected chi connectivity index (χ0v) is 17.7. The minimum Gasteiger partial charge on any atom is -0.497 e. The van der Waals surface area contributed by atoms with Gasteiger partial charge in [-0.25, -0.2) is 4.79 Å². The van der Waals surface area contributed by atoms with Crippen LogP contribution in [0.1, 0.15) is 28.8 Å². The van der Waals surface area contributed by atoms with Gasteiger partial charge in [-0.05, 0) is 41.3 Å². The molecule has 0 fully saturated rings. The molecule has 0 spiro atoms. The van der Waals surface area contributed by atoms with Crippen molar-refractivity contribution in [2.75, 3.05) is 14.2 Å². The molecule has 0 saturated carbocycles. The molecule has 5 nitrogen and oxygen atoms in total. The molecule has 0 amide bonds. The molecule has 1 aromatic heterocycles. The molecule has 1 heterocycles. The zero-order valence-electron chi connectivity index (χ0n) is 17.7. The summed E-state index contributed by atoms with van der Waals surface area (Å²) in [6.07, 6.45) is 2.72. The van der Waals surface area contributed by atoms with Crippen LogP contribution in [-0.4, -0.2) is 25.2 Å². The van der Waals surface area contributed by atoms with Gasteiger partial charge in [-0.2, -0.15) is 0 Å². The van der Waals surface area contributed by atoms with Gasteiger partial charge >= 0.3 is 5.97 Å². The van der Waals surface area contributed by atoms with Crippen molar-refractivity contribution in [3.63, 3.8) is 0 Å². The van der Waals surface area contributed by atoms with Crippen molar-refractivity contribution in [3.8, 4) is 5.75 Å². The van der Waals surface area contributed by atoms with Crippen LogP contribution in [0.2, 0.25) is 0 Å². The number of methoxy groups -OCH3 is 2. The standard InChI is InChI=1S/C26H26N2O3/c1-30-20-13-14-23-21(16-20)22(17-27-23)24(15-18-9-5-3-6-10-18)28-25(26(29)31-2)19-11-7-4-8-12-19/h3-14,16-17,24-25,27-28H,15H2,1-2H3/t24?,25-/m1/s1. The summed E-state index contributed by atoms with van der Waals surface area (Å²) in [6.45, 7) is 0. The van der Waals surface area contributed by atoms with E-state index in [1.807, 2.05) is 72.9 Å². The van der Waals surface area contributed by atoms with Crippen LogP contribution in [0.3, 0.4) is 0 Å². The van der Waals surface area contributed by atoms with Crippen LogP contribution >= 0.6 is 0 Å². The molecular weight excluding hydrogens is 388 g/mol. The predicted octanol–water partition coefficient (Wildman–Crippen LogP) is 4.96. The van der Waals surface area contributed by atoms with Crippen LogP contribution in [0.25, 0.3) is 10.9 Å². The average molecular weight is 415 g/mol. The fraction of sp³-hybridized carbons (Fsp3) is 0.192. The van der Waals surface area contributed by atoms with E-state index in [4.69, 9.17) is 9.47 Å². The molecule has 31 heavy (non-hydrogen) atoms. The van der Waals surface area contributed by atoms with Gasteiger partial charge in [0.15, 0.2) is 0 Å². The van der Waals surface area contributed by atoms with Crippen LogP contribution in [0.4, 0.5) is 0 Å². The summed E-state index contributed by atoms with van der Waals surface area (Å²) in [5.74, 6) is 0.473. The first-order valence-electron chi connectivity index (χ1n) is 10.3. The van der Waals surface area contributed by atoms with Crippen molar-refractivity contribution in [2.45, 2.75) is 18.5 Å². The Morgan fingerprint density at radius 2 is 1.68 bits per heavy atom. The highest BCUT2D eigenvalue weighted by Gasteiger charge is 2.27. The van der Waals surface area contributed by atoms with Gasteiger partial charge in [0.2, 0.25) is 0 Å². The molecule has 4 rings (SSSR count). The maximum absolute atomic E-state index is 12.7. The smallest absolute Gasteiger partial charge is 0.327 e. The Labute approximate surface area is 182 Å². The third kappa shape index (κ3) is 4.62. The number of esters is 1. The second-order valence-corrected chi connectivity index (χ2v) is 7.43. The third-order valence-electron chi connectivity index (χ3n) is 5.52. The number of hydrogen-bond acceptors (Lipinski definition) is 4. The summed E-state index contributed by atoms with van der Waals surface area (Å²) in [6, 6.07) is 25.2. The summed E-state index contributed by atoms with van der Waals surface area (Å²) >= 11 is 0. The predicted molar refractivity (Wildman–Crippen MR) is 122 cm³/mol. The highest BCUT2D eigenvalue weighted by molar-refractivity contribution is 5.85. The molecule has 4 aromatic rings. The van der Waals surface area contributed by atoms with E-state index in [1.54, 1.807) is 7.11 Å². The molecule has 5 heteroatoms. The SMILES string of the molecule is COC(=O)[C@H](NC(Cc1ccccc1)c1c[nH]c2ccc(OC)cc12)c1ccccc1. The molecule has 0 radical (unpaired) electrons. The largest absolute Gasteiger partial charge is 0.497 e. The van der Waals surface area contributed by atoms with E-state index in [0.29, 0.717) is 6.42 Å². The molecule has 0 bridgehead atoms. The topological polar surface area (TPSA) is 63.3 Å². The lowest BCUT2D eigenvalue weighted by atomic mass is 9.96. The van der Waals surface area contributed by atoms with Crippen LogP contribution in [-0.2, 0) is 16.0 Å². The second kappa shape index (κ2) is 9.49. The van der Waals surface area contributed by atoms with Gasteiger partial charge in [-0.15, -0.1) is 0 Å². The normalized spacial score (nSPS) is 13.0. The van der Waals surface area contributed by atoms with Crippen LogP contribution in [0, 0.1) is 0 Å².